The number of rotatable bonds is 5. The van der Waals surface area contributed by atoms with E-state index in [2.05, 4.69) is 62.4 Å². The fraction of sp³-hybridized carbons (Fsp3) is 0.556. The normalized spacial score (nSPS) is 28.5. The van der Waals surface area contributed by atoms with Crippen LogP contribution in [-0.2, 0) is 6.42 Å². The van der Waals surface area contributed by atoms with Crippen molar-refractivity contribution in [1.29, 1.82) is 0 Å². The maximum Gasteiger partial charge on any atom is -0.0159 e. The van der Waals surface area contributed by atoms with E-state index < -0.39 is 0 Å². The summed E-state index contributed by atoms with van der Waals surface area (Å²) < 4.78 is 0. The van der Waals surface area contributed by atoms with Crippen LogP contribution in [0, 0.1) is 17.8 Å². The van der Waals surface area contributed by atoms with Gasteiger partial charge in [0.25, 0.3) is 0 Å². The van der Waals surface area contributed by atoms with Crippen LogP contribution in [0.2, 0.25) is 0 Å². The molecule has 4 unspecified atom stereocenters. The molecule has 4 atom stereocenters. The first-order chi connectivity index (χ1) is 13.3. The minimum atomic E-state index is 0.795. The average molecular weight is 361 g/mol. The first kappa shape index (κ1) is 18.8. The van der Waals surface area contributed by atoms with Gasteiger partial charge in [-0.05, 0) is 97.4 Å². The summed E-state index contributed by atoms with van der Waals surface area (Å²) in [5.41, 5.74) is 3.06. The molecule has 0 aliphatic heterocycles. The summed E-state index contributed by atoms with van der Waals surface area (Å²) in [6, 6.07) is 14.4. The second-order valence-electron chi connectivity index (χ2n) is 9.17. The van der Waals surface area contributed by atoms with Crippen molar-refractivity contribution in [3.05, 3.63) is 59.7 Å². The van der Waals surface area contributed by atoms with Crippen molar-refractivity contribution in [2.75, 3.05) is 0 Å². The third-order valence-corrected chi connectivity index (χ3v) is 7.53. The smallest absolute Gasteiger partial charge is 0.0159 e. The maximum absolute atomic E-state index is 2.49. The molecule has 2 aliphatic carbocycles. The SMILES string of the molecule is C/C=C/CCc1ccc2cc(C3CCC4CC(CC)CCC4C3)ccc2c1. The molecule has 4 rings (SSSR count). The zero-order chi connectivity index (χ0) is 18.6. The van der Waals surface area contributed by atoms with Gasteiger partial charge >= 0.3 is 0 Å². The molecule has 0 bridgehead atoms. The lowest BCUT2D eigenvalue weighted by Crippen LogP contribution is -2.30. The molecule has 0 heterocycles. The minimum absolute atomic E-state index is 0.795. The fourth-order valence-electron chi connectivity index (χ4n) is 5.80. The first-order valence-electron chi connectivity index (χ1n) is 11.4. The van der Waals surface area contributed by atoms with E-state index in [4.69, 9.17) is 0 Å². The van der Waals surface area contributed by atoms with Gasteiger partial charge in [-0.25, -0.2) is 0 Å². The van der Waals surface area contributed by atoms with Gasteiger partial charge in [-0.1, -0.05) is 68.3 Å². The Morgan fingerprint density at radius 2 is 1.67 bits per heavy atom. The molecule has 0 nitrogen and oxygen atoms in total. The highest BCUT2D eigenvalue weighted by molar-refractivity contribution is 5.84. The van der Waals surface area contributed by atoms with Gasteiger partial charge in [0.15, 0.2) is 0 Å². The van der Waals surface area contributed by atoms with Crippen molar-refractivity contribution in [3.63, 3.8) is 0 Å². The predicted molar refractivity (Wildman–Crippen MR) is 118 cm³/mol. The first-order valence-corrected chi connectivity index (χ1v) is 11.4. The number of hydrogen-bond donors (Lipinski definition) is 0. The Morgan fingerprint density at radius 1 is 0.889 bits per heavy atom. The third kappa shape index (κ3) is 4.31. The van der Waals surface area contributed by atoms with Crippen molar-refractivity contribution < 1.29 is 0 Å². The molecule has 0 radical (unpaired) electrons. The molecule has 27 heavy (non-hydrogen) atoms. The zero-order valence-electron chi connectivity index (χ0n) is 17.3. The van der Waals surface area contributed by atoms with Crippen LogP contribution in [0.15, 0.2) is 48.6 Å². The summed E-state index contributed by atoms with van der Waals surface area (Å²) in [5.74, 6) is 3.84. The minimum Gasteiger partial charge on any atom is -0.0917 e. The maximum atomic E-state index is 2.49. The molecule has 2 aromatic carbocycles. The van der Waals surface area contributed by atoms with Gasteiger partial charge in [0.05, 0.1) is 0 Å². The standard InChI is InChI=1S/C27H36/c1-3-5-6-7-21-9-11-25-19-27(15-13-23(25)17-21)26-14-12-22-16-20(4-2)8-10-24(22)18-26/h3,5,9,11,13,15,17,19-20,22,24,26H,4,6-8,10,12,14,16,18H2,1-2H3/b5-3+. The zero-order valence-corrected chi connectivity index (χ0v) is 17.3. The topological polar surface area (TPSA) is 0 Å². The molecule has 0 spiro atoms. The average Bonchev–Trinajstić information content (AvgIpc) is 2.72. The van der Waals surface area contributed by atoms with Gasteiger partial charge in [0.1, 0.15) is 0 Å². The molecule has 2 saturated carbocycles. The van der Waals surface area contributed by atoms with Crippen LogP contribution in [0.3, 0.4) is 0 Å². The lowest BCUT2D eigenvalue weighted by molar-refractivity contribution is 0.116. The van der Waals surface area contributed by atoms with Gasteiger partial charge in [-0.2, -0.15) is 0 Å². The van der Waals surface area contributed by atoms with Crippen LogP contribution in [0.5, 0.6) is 0 Å². The number of benzene rings is 2. The van der Waals surface area contributed by atoms with E-state index in [9.17, 15) is 0 Å². The quantitative estimate of drug-likeness (QED) is 0.473. The third-order valence-electron chi connectivity index (χ3n) is 7.53. The Labute approximate surface area is 166 Å². The van der Waals surface area contributed by atoms with E-state index in [0.29, 0.717) is 0 Å². The van der Waals surface area contributed by atoms with E-state index in [1.807, 2.05) is 0 Å². The molecule has 2 fully saturated rings. The van der Waals surface area contributed by atoms with Crippen LogP contribution < -0.4 is 0 Å². The monoisotopic (exact) mass is 360 g/mol. The predicted octanol–water partition coefficient (Wildman–Crippen LogP) is 8.06. The Morgan fingerprint density at radius 3 is 2.52 bits per heavy atom. The molecule has 144 valence electrons. The Hall–Kier alpha value is -1.56. The molecule has 2 aliphatic rings. The molecule has 0 saturated heterocycles. The molecule has 0 amide bonds. The van der Waals surface area contributed by atoms with Crippen molar-refractivity contribution in [2.45, 2.75) is 77.6 Å². The number of hydrogen-bond acceptors (Lipinski definition) is 0. The summed E-state index contributed by atoms with van der Waals surface area (Å²) in [5, 5.41) is 2.84. The lowest BCUT2D eigenvalue weighted by Gasteiger charge is -2.42. The second kappa shape index (κ2) is 8.63. The highest BCUT2D eigenvalue weighted by Crippen LogP contribution is 2.48. The summed E-state index contributed by atoms with van der Waals surface area (Å²) in [6.45, 7) is 4.49. The summed E-state index contributed by atoms with van der Waals surface area (Å²) in [4.78, 5) is 0. The molecule has 0 aromatic heterocycles. The van der Waals surface area contributed by atoms with Crippen molar-refractivity contribution in [3.8, 4) is 0 Å². The second-order valence-corrected chi connectivity index (χ2v) is 9.17. The molecular formula is C27H36. The van der Waals surface area contributed by atoms with Gasteiger partial charge in [0, 0.05) is 0 Å². The van der Waals surface area contributed by atoms with E-state index >= 15 is 0 Å². The number of allylic oxidation sites excluding steroid dienone is 2. The van der Waals surface area contributed by atoms with Gasteiger partial charge in [-0.15, -0.1) is 0 Å². The van der Waals surface area contributed by atoms with E-state index in [0.717, 1.165) is 36.5 Å². The fourth-order valence-corrected chi connectivity index (χ4v) is 5.80. The summed E-state index contributed by atoms with van der Waals surface area (Å²) >= 11 is 0. The van der Waals surface area contributed by atoms with Gasteiger partial charge < -0.3 is 0 Å². The summed E-state index contributed by atoms with van der Waals surface area (Å²) in [6.07, 6.45) is 16.9. The van der Waals surface area contributed by atoms with Crippen molar-refractivity contribution in [2.24, 2.45) is 17.8 Å². The van der Waals surface area contributed by atoms with Crippen LogP contribution in [0.4, 0.5) is 0 Å². The van der Waals surface area contributed by atoms with Crippen LogP contribution >= 0.6 is 0 Å². The number of fused-ring (bicyclic) bond motifs is 2. The Balaban J connectivity index is 1.45. The molecule has 0 heteroatoms. The molecular weight excluding hydrogens is 324 g/mol. The van der Waals surface area contributed by atoms with E-state index in [1.54, 1.807) is 5.56 Å². The van der Waals surface area contributed by atoms with Crippen LogP contribution in [0.1, 0.15) is 82.3 Å². The van der Waals surface area contributed by atoms with Gasteiger partial charge in [0.2, 0.25) is 0 Å². The summed E-state index contributed by atoms with van der Waals surface area (Å²) in [7, 11) is 0. The highest BCUT2D eigenvalue weighted by Gasteiger charge is 2.35. The van der Waals surface area contributed by atoms with Crippen LogP contribution in [0.25, 0.3) is 10.8 Å². The van der Waals surface area contributed by atoms with E-state index in [-0.39, 0.29) is 0 Å². The number of aryl methyl sites for hydroxylation is 1. The van der Waals surface area contributed by atoms with Crippen molar-refractivity contribution in [1.82, 2.24) is 0 Å². The van der Waals surface area contributed by atoms with E-state index in [1.165, 1.54) is 61.3 Å². The van der Waals surface area contributed by atoms with Crippen LogP contribution in [-0.4, -0.2) is 0 Å². The highest BCUT2D eigenvalue weighted by atomic mass is 14.4. The molecule has 2 aromatic rings. The molecule has 0 N–H and O–H groups in total. The Kier molecular flexibility index (Phi) is 6.01. The lowest BCUT2D eigenvalue weighted by atomic mass is 9.63. The van der Waals surface area contributed by atoms with Crippen molar-refractivity contribution >= 4 is 10.8 Å². The largest absolute Gasteiger partial charge is 0.0917 e. The Bertz CT molecular complexity index is 784. The van der Waals surface area contributed by atoms with Gasteiger partial charge in [-0.3, -0.25) is 0 Å².